The van der Waals surface area contributed by atoms with Crippen molar-refractivity contribution in [3.05, 3.63) is 41.7 Å². The molecule has 0 aliphatic heterocycles. The third-order valence-electron chi connectivity index (χ3n) is 2.93. The molecule has 0 aliphatic rings. The highest BCUT2D eigenvalue weighted by Crippen LogP contribution is 2.15. The molecule has 21 heavy (non-hydrogen) atoms. The monoisotopic (exact) mass is 303 g/mol. The molecule has 0 saturated heterocycles. The first-order chi connectivity index (χ1) is 10.0. The Hall–Kier alpha value is -2.41. The van der Waals surface area contributed by atoms with Crippen LogP contribution in [0.25, 0.3) is 0 Å². The molecule has 2 aromatic rings. The van der Waals surface area contributed by atoms with Gasteiger partial charge >= 0.3 is 0 Å². The van der Waals surface area contributed by atoms with Gasteiger partial charge in [0.1, 0.15) is 5.69 Å². The van der Waals surface area contributed by atoms with E-state index >= 15 is 0 Å². The minimum absolute atomic E-state index is 0.311. The number of carbonyl (C=O) groups is 1. The second-order valence-corrected chi connectivity index (χ2v) is 4.94. The summed E-state index contributed by atoms with van der Waals surface area (Å²) in [5.41, 5.74) is 8.21. The fourth-order valence-electron chi connectivity index (χ4n) is 1.90. The van der Waals surface area contributed by atoms with E-state index in [1.807, 2.05) is 38.1 Å². The van der Waals surface area contributed by atoms with Crippen molar-refractivity contribution in [3.63, 3.8) is 0 Å². The van der Waals surface area contributed by atoms with Crippen LogP contribution in [0.1, 0.15) is 23.0 Å². The Morgan fingerprint density at radius 2 is 2.00 bits per heavy atom. The average molecular weight is 303 g/mol. The molecule has 0 saturated carbocycles. The number of aromatic nitrogens is 2. The molecule has 7 heteroatoms. The van der Waals surface area contributed by atoms with E-state index in [2.05, 4.69) is 15.7 Å². The molecule has 4 N–H and O–H groups in total. The van der Waals surface area contributed by atoms with Gasteiger partial charge in [-0.3, -0.25) is 9.48 Å². The summed E-state index contributed by atoms with van der Waals surface area (Å²) < 4.78 is 1.53. The summed E-state index contributed by atoms with van der Waals surface area (Å²) in [6.07, 6.45) is 1.53. The summed E-state index contributed by atoms with van der Waals surface area (Å²) in [4.78, 5) is 11.5. The zero-order valence-electron chi connectivity index (χ0n) is 11.9. The summed E-state index contributed by atoms with van der Waals surface area (Å²) in [7, 11) is 0. The number of carbonyl (C=O) groups excluding carboxylic acids is 1. The van der Waals surface area contributed by atoms with Gasteiger partial charge in [-0.1, -0.05) is 17.7 Å². The van der Waals surface area contributed by atoms with E-state index in [1.165, 1.54) is 16.4 Å². The van der Waals surface area contributed by atoms with Crippen LogP contribution in [0.2, 0.25) is 0 Å². The van der Waals surface area contributed by atoms with Crippen LogP contribution in [0.5, 0.6) is 0 Å². The summed E-state index contributed by atoms with van der Waals surface area (Å²) in [5, 5.41) is 10.5. The molecule has 1 aromatic carbocycles. The number of nitrogens with two attached hydrogens (primary N) is 1. The quantitative estimate of drug-likeness (QED) is 0.753. The van der Waals surface area contributed by atoms with E-state index in [0.717, 1.165) is 5.69 Å². The van der Waals surface area contributed by atoms with Crippen LogP contribution in [0.3, 0.4) is 0 Å². The number of benzene rings is 1. The lowest BCUT2D eigenvalue weighted by Gasteiger charge is -2.10. The number of thiocarbonyl (C=S) groups is 1. The topological polar surface area (TPSA) is 85.0 Å². The Balaban J connectivity index is 2.11. The number of aryl methyl sites for hydroxylation is 2. The number of anilines is 2. The summed E-state index contributed by atoms with van der Waals surface area (Å²) >= 11 is 5.23. The second-order valence-electron chi connectivity index (χ2n) is 4.53. The molecule has 0 bridgehead atoms. The normalized spacial score (nSPS) is 10.2. The molecule has 0 aliphatic carbocycles. The molecule has 6 nitrogen and oxygen atoms in total. The van der Waals surface area contributed by atoms with Crippen LogP contribution in [0, 0.1) is 6.92 Å². The van der Waals surface area contributed by atoms with Crippen molar-refractivity contribution in [2.75, 3.05) is 10.6 Å². The first kappa shape index (κ1) is 15.0. The van der Waals surface area contributed by atoms with Crippen molar-refractivity contribution < 1.29 is 4.79 Å². The lowest BCUT2D eigenvalue weighted by molar-refractivity contribution is 0.0991. The van der Waals surface area contributed by atoms with E-state index in [1.54, 1.807) is 0 Å². The number of primary amides is 1. The Bertz CT molecular complexity index is 663. The zero-order valence-corrected chi connectivity index (χ0v) is 12.7. The minimum atomic E-state index is -0.546. The number of amides is 1. The predicted molar refractivity (Wildman–Crippen MR) is 87.4 cm³/mol. The molecule has 1 aromatic heterocycles. The van der Waals surface area contributed by atoms with Crippen molar-refractivity contribution in [2.45, 2.75) is 20.4 Å². The highest BCUT2D eigenvalue weighted by atomic mass is 32.1. The highest BCUT2D eigenvalue weighted by molar-refractivity contribution is 7.80. The molecule has 0 fully saturated rings. The molecule has 0 spiro atoms. The van der Waals surface area contributed by atoms with E-state index in [0.29, 0.717) is 23.0 Å². The van der Waals surface area contributed by atoms with Gasteiger partial charge in [-0.2, -0.15) is 5.10 Å². The maximum absolute atomic E-state index is 11.5. The predicted octanol–water partition coefficient (Wildman–Crippen LogP) is 2.12. The van der Waals surface area contributed by atoms with Crippen LogP contribution in [-0.2, 0) is 6.54 Å². The molecule has 110 valence electrons. The smallest absolute Gasteiger partial charge is 0.269 e. The van der Waals surface area contributed by atoms with Crippen molar-refractivity contribution >= 4 is 34.6 Å². The lowest BCUT2D eigenvalue weighted by Crippen LogP contribution is -2.23. The molecule has 1 amide bonds. The number of hydrogen-bond donors (Lipinski definition) is 3. The number of hydrogen-bond acceptors (Lipinski definition) is 3. The molecular weight excluding hydrogens is 286 g/mol. The van der Waals surface area contributed by atoms with Crippen LogP contribution >= 0.6 is 12.2 Å². The van der Waals surface area contributed by atoms with Crippen molar-refractivity contribution in [3.8, 4) is 0 Å². The molecule has 0 unspecified atom stereocenters. The van der Waals surface area contributed by atoms with Gasteiger partial charge in [0, 0.05) is 12.2 Å². The molecule has 1 heterocycles. The van der Waals surface area contributed by atoms with Gasteiger partial charge in [0.25, 0.3) is 5.91 Å². The fourth-order valence-corrected chi connectivity index (χ4v) is 2.13. The van der Waals surface area contributed by atoms with Gasteiger partial charge in [0.15, 0.2) is 5.11 Å². The van der Waals surface area contributed by atoms with Crippen molar-refractivity contribution in [2.24, 2.45) is 5.73 Å². The first-order valence-corrected chi connectivity index (χ1v) is 6.92. The number of rotatable bonds is 4. The van der Waals surface area contributed by atoms with Crippen LogP contribution in [0.4, 0.5) is 11.4 Å². The first-order valence-electron chi connectivity index (χ1n) is 6.51. The Kier molecular flexibility index (Phi) is 4.54. The Morgan fingerprint density at radius 3 is 2.57 bits per heavy atom. The number of nitrogens with one attached hydrogen (secondary N) is 2. The van der Waals surface area contributed by atoms with E-state index in [9.17, 15) is 4.79 Å². The summed E-state index contributed by atoms with van der Waals surface area (Å²) in [5.74, 6) is -0.546. The molecule has 0 radical (unpaired) electrons. The van der Waals surface area contributed by atoms with Gasteiger partial charge in [-0.05, 0) is 38.2 Å². The van der Waals surface area contributed by atoms with Crippen LogP contribution < -0.4 is 16.4 Å². The minimum Gasteiger partial charge on any atom is -0.364 e. The highest BCUT2D eigenvalue weighted by Gasteiger charge is 2.16. The fraction of sp³-hybridized carbons (Fsp3) is 0.214. The van der Waals surface area contributed by atoms with Crippen LogP contribution in [-0.4, -0.2) is 20.8 Å². The maximum Gasteiger partial charge on any atom is 0.269 e. The number of nitrogens with zero attached hydrogens (tertiary/aromatic N) is 2. The summed E-state index contributed by atoms with van der Waals surface area (Å²) in [6, 6.07) is 7.81. The maximum atomic E-state index is 11.5. The van der Waals surface area contributed by atoms with Gasteiger partial charge in [0.2, 0.25) is 0 Å². The SMILES string of the molecule is CCn1ncc(NC(=S)Nc2ccc(C)cc2)c1C(N)=O. The van der Waals surface area contributed by atoms with E-state index in [-0.39, 0.29) is 0 Å². The summed E-state index contributed by atoms with van der Waals surface area (Å²) in [6.45, 7) is 4.45. The molecule has 0 atom stereocenters. The van der Waals surface area contributed by atoms with Crippen molar-refractivity contribution in [1.82, 2.24) is 9.78 Å². The van der Waals surface area contributed by atoms with Gasteiger partial charge in [-0.15, -0.1) is 0 Å². The molecular formula is C14H17N5OS. The van der Waals surface area contributed by atoms with Gasteiger partial charge in [0.05, 0.1) is 11.9 Å². The standard InChI is InChI=1S/C14H17N5OS/c1-3-19-12(13(15)20)11(8-16-19)18-14(21)17-10-6-4-9(2)5-7-10/h4-8H,3H2,1-2H3,(H2,15,20)(H2,17,18,21). The van der Waals surface area contributed by atoms with Gasteiger partial charge in [-0.25, -0.2) is 0 Å². The Morgan fingerprint density at radius 1 is 1.33 bits per heavy atom. The largest absolute Gasteiger partial charge is 0.364 e. The zero-order chi connectivity index (χ0) is 15.4. The van der Waals surface area contributed by atoms with Crippen LogP contribution in [0.15, 0.2) is 30.5 Å². The Labute approximate surface area is 128 Å². The molecule has 2 rings (SSSR count). The van der Waals surface area contributed by atoms with Gasteiger partial charge < -0.3 is 16.4 Å². The van der Waals surface area contributed by atoms with E-state index in [4.69, 9.17) is 18.0 Å². The second kappa shape index (κ2) is 6.36. The van der Waals surface area contributed by atoms with Crippen molar-refractivity contribution in [1.29, 1.82) is 0 Å². The average Bonchev–Trinajstić information content (AvgIpc) is 2.84. The van der Waals surface area contributed by atoms with E-state index < -0.39 is 5.91 Å². The third kappa shape index (κ3) is 3.57. The lowest BCUT2D eigenvalue weighted by atomic mass is 10.2. The third-order valence-corrected chi connectivity index (χ3v) is 3.13.